The van der Waals surface area contributed by atoms with Gasteiger partial charge in [0, 0.05) is 21.5 Å². The Labute approximate surface area is 79.2 Å². The van der Waals surface area contributed by atoms with Crippen LogP contribution in [0.3, 0.4) is 0 Å². The van der Waals surface area contributed by atoms with Gasteiger partial charge in [0.25, 0.3) is 3.25 Å². The second-order valence-electron chi connectivity index (χ2n) is 0.429. The first-order valence-electron chi connectivity index (χ1n) is 0.899. The van der Waals surface area contributed by atoms with Crippen LogP contribution in [0.25, 0.3) is 0 Å². The van der Waals surface area contributed by atoms with Crippen LogP contribution in [-0.2, 0) is 0 Å². The van der Waals surface area contributed by atoms with Crippen LogP contribution in [0, 0.1) is 0 Å². The molecule has 0 radical (unpaired) electrons. The highest BCUT2D eigenvalue weighted by Gasteiger charge is 2.11. The van der Waals surface area contributed by atoms with E-state index in [2.05, 4.69) is 8.91 Å². The SMILES string of the molecule is ClC(Cl)(Cl)Cl.ClI. The molecule has 0 aromatic heterocycles. The van der Waals surface area contributed by atoms with E-state index in [4.69, 9.17) is 46.4 Å². The third kappa shape index (κ3) is 65.7. The van der Waals surface area contributed by atoms with E-state index in [-0.39, 0.29) is 0 Å². The van der Waals surface area contributed by atoms with Crippen molar-refractivity contribution in [2.24, 2.45) is 0 Å². The number of hydrogen-bond acceptors (Lipinski definition) is 0. The summed E-state index contributed by atoms with van der Waals surface area (Å²) in [7, 11) is 4.61. The second-order valence-corrected chi connectivity index (χ2v) is 3.86. The minimum atomic E-state index is -1.61. The number of alkyl halides is 4. The molecule has 0 fully saturated rings. The van der Waals surface area contributed by atoms with Gasteiger partial charge in [0.2, 0.25) is 0 Å². The second kappa shape index (κ2) is 6.30. The molecule has 0 nitrogen and oxygen atoms in total. The molecule has 7 heavy (non-hydrogen) atoms. The van der Waals surface area contributed by atoms with Crippen LogP contribution in [-0.4, -0.2) is 3.25 Å². The molecule has 0 rings (SSSR count). The van der Waals surface area contributed by atoms with Crippen LogP contribution < -0.4 is 0 Å². The molecule has 0 unspecified atom stereocenters. The Hall–Kier alpha value is 2.18. The lowest BCUT2D eigenvalue weighted by Gasteiger charge is -1.91. The van der Waals surface area contributed by atoms with E-state index in [0.29, 0.717) is 0 Å². The van der Waals surface area contributed by atoms with Crippen molar-refractivity contribution in [3.05, 3.63) is 0 Å². The smallest absolute Gasteiger partial charge is 0.0664 e. The fourth-order valence-corrected chi connectivity index (χ4v) is 0. The molecule has 0 bridgehead atoms. The number of halogens is 6. The van der Waals surface area contributed by atoms with E-state index >= 15 is 0 Å². The van der Waals surface area contributed by atoms with Gasteiger partial charge in [-0.1, -0.05) is 46.4 Å². The molecule has 0 atom stereocenters. The number of hydrogen-bond donors (Lipinski definition) is 0. The van der Waals surface area contributed by atoms with E-state index < -0.39 is 3.25 Å². The highest BCUT2D eigenvalue weighted by Crippen LogP contribution is 2.29. The van der Waals surface area contributed by atoms with Crippen LogP contribution in [0.5, 0.6) is 0 Å². The van der Waals surface area contributed by atoms with Crippen molar-refractivity contribution < 1.29 is 0 Å². The summed E-state index contributed by atoms with van der Waals surface area (Å²) in [6, 6.07) is 0. The average molecular weight is 316 g/mol. The molecule has 6 heteroatoms. The van der Waals surface area contributed by atoms with Crippen molar-refractivity contribution in [3.8, 4) is 0 Å². The van der Waals surface area contributed by atoms with Crippen LogP contribution in [0.15, 0.2) is 0 Å². The molecule has 0 saturated heterocycles. The first kappa shape index (κ1) is 11.9. The van der Waals surface area contributed by atoms with Gasteiger partial charge in [0.05, 0.1) is 0 Å². The van der Waals surface area contributed by atoms with E-state index in [1.807, 2.05) is 0 Å². The zero-order chi connectivity index (χ0) is 6.50. The summed E-state index contributed by atoms with van der Waals surface area (Å²) in [4.78, 5) is 0. The van der Waals surface area contributed by atoms with Gasteiger partial charge in [0.15, 0.2) is 0 Å². The molecule has 46 valence electrons. The van der Waals surface area contributed by atoms with Crippen molar-refractivity contribution in [2.75, 3.05) is 0 Å². The normalized spacial score (nSPS) is 9.43. The monoisotopic (exact) mass is 314 g/mol. The van der Waals surface area contributed by atoms with Gasteiger partial charge in [-0.15, -0.1) is 0 Å². The van der Waals surface area contributed by atoms with Gasteiger partial charge >= 0.3 is 0 Å². The third-order valence-corrected chi connectivity index (χ3v) is 0. The summed E-state index contributed by atoms with van der Waals surface area (Å²) in [5, 5.41) is 0. The maximum absolute atomic E-state index is 4.83. The van der Waals surface area contributed by atoms with Crippen molar-refractivity contribution in [1.82, 2.24) is 0 Å². The van der Waals surface area contributed by atoms with Gasteiger partial charge in [-0.3, -0.25) is 0 Å². The molecule has 0 aliphatic rings. The molecule has 0 aromatic carbocycles. The molecular weight excluding hydrogens is 316 g/mol. The van der Waals surface area contributed by atoms with Crippen molar-refractivity contribution >= 4 is 76.8 Å². The Morgan fingerprint density at radius 3 is 0.857 bits per heavy atom. The molecule has 0 saturated carbocycles. The Bertz CT molecular complexity index is 23.6. The molecule has 0 aliphatic carbocycles. The minimum Gasteiger partial charge on any atom is -0.0664 e. The van der Waals surface area contributed by atoms with Crippen molar-refractivity contribution in [1.29, 1.82) is 0 Å². The molecule has 0 spiro atoms. The fourth-order valence-electron chi connectivity index (χ4n) is 0. The average Bonchev–Trinajstić information content (AvgIpc) is 1.36. The lowest BCUT2D eigenvalue weighted by Crippen LogP contribution is -1.81. The summed E-state index contributed by atoms with van der Waals surface area (Å²) < 4.78 is -1.61. The van der Waals surface area contributed by atoms with Crippen LogP contribution >= 0.6 is 76.8 Å². The van der Waals surface area contributed by atoms with Gasteiger partial charge in [-0.05, 0) is 8.91 Å². The van der Waals surface area contributed by atoms with Crippen molar-refractivity contribution in [3.63, 3.8) is 0 Å². The summed E-state index contributed by atoms with van der Waals surface area (Å²) in [5.41, 5.74) is 0. The van der Waals surface area contributed by atoms with E-state index in [1.54, 1.807) is 21.5 Å². The zero-order valence-electron chi connectivity index (χ0n) is 2.77. The molecule has 0 heterocycles. The Balaban J connectivity index is 0. The topological polar surface area (TPSA) is 0 Å². The Kier molecular flexibility index (Phi) is 10.7. The van der Waals surface area contributed by atoms with E-state index in [0.717, 1.165) is 0 Å². The van der Waals surface area contributed by atoms with Gasteiger partial charge in [-0.25, -0.2) is 0 Å². The van der Waals surface area contributed by atoms with Gasteiger partial charge in [-0.2, -0.15) is 0 Å². The fraction of sp³-hybridized carbons (Fsp3) is 1.00. The summed E-state index contributed by atoms with van der Waals surface area (Å²) in [5.74, 6) is 0. The lowest BCUT2D eigenvalue weighted by molar-refractivity contribution is 1.76. The first-order valence-corrected chi connectivity index (χ1v) is 5.14. The molecule has 0 amide bonds. The standard InChI is InChI=1S/CCl4.ClI/c2-1(3,4)5;1-2. The molecular formula is CCl5I. The van der Waals surface area contributed by atoms with Gasteiger partial charge in [0.1, 0.15) is 0 Å². The summed E-state index contributed by atoms with van der Waals surface area (Å²) in [6.07, 6.45) is 0. The first-order chi connectivity index (χ1) is 3.00. The van der Waals surface area contributed by atoms with Crippen molar-refractivity contribution in [2.45, 2.75) is 3.25 Å². The van der Waals surface area contributed by atoms with Crippen LogP contribution in [0.1, 0.15) is 0 Å². The Morgan fingerprint density at radius 2 is 0.857 bits per heavy atom. The van der Waals surface area contributed by atoms with E-state index in [1.165, 1.54) is 0 Å². The highest BCUT2D eigenvalue weighted by molar-refractivity contribution is 14.1. The predicted molar refractivity (Wildman–Crippen MR) is 46.0 cm³/mol. The maximum Gasteiger partial charge on any atom is 0.266 e. The summed E-state index contributed by atoms with van der Waals surface area (Å²) in [6.45, 7) is 0. The third-order valence-electron chi connectivity index (χ3n) is 0. The van der Waals surface area contributed by atoms with E-state index in [9.17, 15) is 0 Å². The molecule has 0 aromatic rings. The maximum atomic E-state index is 4.83. The highest BCUT2D eigenvalue weighted by atomic mass is 127. The lowest BCUT2D eigenvalue weighted by atomic mass is 11.8. The number of rotatable bonds is 0. The zero-order valence-corrected chi connectivity index (χ0v) is 8.70. The largest absolute Gasteiger partial charge is 0.266 e. The van der Waals surface area contributed by atoms with Gasteiger partial charge < -0.3 is 0 Å². The molecule has 0 aliphatic heterocycles. The minimum absolute atomic E-state index is 1.61. The van der Waals surface area contributed by atoms with Crippen LogP contribution in [0.2, 0.25) is 0 Å². The Morgan fingerprint density at radius 1 is 0.857 bits per heavy atom. The quantitative estimate of drug-likeness (QED) is 0.466. The molecule has 0 N–H and O–H groups in total. The van der Waals surface area contributed by atoms with Crippen LogP contribution in [0.4, 0.5) is 0 Å². The predicted octanol–water partition coefficient (Wildman–Crippen LogP) is 4.13. The summed E-state index contributed by atoms with van der Waals surface area (Å²) >= 11 is 20.9.